The molecule has 102 valence electrons. The summed E-state index contributed by atoms with van der Waals surface area (Å²) in [5.41, 5.74) is -0.689. The van der Waals surface area contributed by atoms with E-state index in [1.54, 1.807) is 0 Å². The Hall–Kier alpha value is -2.00. The van der Waals surface area contributed by atoms with Crippen molar-refractivity contribution in [3.8, 4) is 0 Å². The van der Waals surface area contributed by atoms with Gasteiger partial charge in [-0.05, 0) is 0 Å². The fraction of sp³-hybridized carbons (Fsp3) is 0.500. The summed E-state index contributed by atoms with van der Waals surface area (Å²) in [7, 11) is 0. The lowest BCUT2D eigenvalue weighted by Crippen LogP contribution is -2.20. The van der Waals surface area contributed by atoms with Crippen molar-refractivity contribution in [1.82, 2.24) is 19.3 Å². The monoisotopic (exact) mass is 270 g/mol. The number of nitrogens with zero attached hydrogens (tertiary/aromatic N) is 4. The van der Waals surface area contributed by atoms with Gasteiger partial charge in [0.1, 0.15) is 12.5 Å². The molecule has 3 heterocycles. The molecule has 0 aliphatic carbocycles. The lowest BCUT2D eigenvalue weighted by Gasteiger charge is -2.15. The number of alkyl halides is 1. The van der Waals surface area contributed by atoms with Gasteiger partial charge < -0.3 is 15.1 Å². The molecule has 0 saturated carbocycles. The second kappa shape index (κ2) is 4.28. The summed E-state index contributed by atoms with van der Waals surface area (Å²) in [4.78, 5) is 19.2. The molecule has 1 fully saturated rings. The Morgan fingerprint density at radius 1 is 1.47 bits per heavy atom. The first-order valence-electron chi connectivity index (χ1n) is 5.65. The van der Waals surface area contributed by atoms with Gasteiger partial charge in [-0.25, -0.2) is 14.4 Å². The largest absolute Gasteiger partial charge is 0.424 e. The zero-order valence-electron chi connectivity index (χ0n) is 9.68. The predicted octanol–water partition coefficient (Wildman–Crippen LogP) is -0.552. The molecule has 8 nitrogen and oxygen atoms in total. The van der Waals surface area contributed by atoms with Gasteiger partial charge in [0.05, 0.1) is 19.0 Å². The number of fused-ring (bicyclic) bond motifs is 1. The minimum absolute atomic E-state index is 0.0674. The maximum absolute atomic E-state index is 13.9. The molecule has 0 aromatic carbocycles. The molecular formula is C10H11FN4O4. The molecule has 1 saturated heterocycles. The van der Waals surface area contributed by atoms with Crippen molar-refractivity contribution < 1.29 is 19.4 Å². The number of hydrogen-bond donors (Lipinski definition) is 2. The van der Waals surface area contributed by atoms with Crippen molar-refractivity contribution in [2.24, 2.45) is 0 Å². The second-order valence-electron chi connectivity index (χ2n) is 4.30. The fourth-order valence-corrected chi connectivity index (χ4v) is 2.15. The van der Waals surface area contributed by atoms with Crippen molar-refractivity contribution in [2.75, 3.05) is 6.61 Å². The van der Waals surface area contributed by atoms with E-state index in [2.05, 4.69) is 9.97 Å². The van der Waals surface area contributed by atoms with Crippen LogP contribution >= 0.6 is 0 Å². The first-order chi connectivity index (χ1) is 9.11. The maximum atomic E-state index is 13.9. The summed E-state index contributed by atoms with van der Waals surface area (Å²) in [5.74, 6) is 0. The number of aliphatic hydroxyl groups is 1. The smallest absolute Gasteiger partial charge is 0.314 e. The Morgan fingerprint density at radius 2 is 2.26 bits per heavy atom. The number of rotatable bonds is 2. The Morgan fingerprint density at radius 3 is 2.95 bits per heavy atom. The molecule has 3 atom stereocenters. The Bertz CT molecular complexity index is 669. The van der Waals surface area contributed by atoms with E-state index in [0.717, 1.165) is 6.33 Å². The number of halogens is 1. The Kier molecular flexibility index (Phi) is 2.72. The van der Waals surface area contributed by atoms with Gasteiger partial charge in [-0.1, -0.05) is 0 Å². The van der Waals surface area contributed by atoms with E-state index >= 15 is 0 Å². The van der Waals surface area contributed by atoms with E-state index in [1.165, 1.54) is 10.9 Å². The molecule has 3 rings (SSSR count). The molecule has 2 N–H and O–H groups in total. The number of hydrogen-bond acceptors (Lipinski definition) is 6. The van der Waals surface area contributed by atoms with Crippen LogP contribution in [0.3, 0.4) is 0 Å². The molecule has 1 aliphatic heterocycles. The zero-order valence-corrected chi connectivity index (χ0v) is 9.68. The van der Waals surface area contributed by atoms with Crippen LogP contribution in [0.5, 0.6) is 0 Å². The number of ether oxygens (including phenoxy) is 1. The molecule has 0 spiro atoms. The van der Waals surface area contributed by atoms with E-state index < -0.39 is 24.1 Å². The van der Waals surface area contributed by atoms with Crippen molar-refractivity contribution >= 4 is 11.2 Å². The highest BCUT2D eigenvalue weighted by Crippen LogP contribution is 2.32. The highest BCUT2D eigenvalue weighted by atomic mass is 19.1. The van der Waals surface area contributed by atoms with Crippen molar-refractivity contribution in [1.29, 1.82) is 0 Å². The summed E-state index contributed by atoms with van der Waals surface area (Å²) >= 11 is 0. The van der Waals surface area contributed by atoms with E-state index in [9.17, 15) is 14.4 Å². The molecule has 2 aromatic rings. The third kappa shape index (κ3) is 1.78. The van der Waals surface area contributed by atoms with Crippen LogP contribution in [-0.2, 0) is 4.74 Å². The minimum atomic E-state index is -1.33. The van der Waals surface area contributed by atoms with Crippen LogP contribution in [0.2, 0.25) is 0 Å². The van der Waals surface area contributed by atoms with Crippen molar-refractivity contribution in [3.63, 3.8) is 0 Å². The van der Waals surface area contributed by atoms with Crippen molar-refractivity contribution in [2.45, 2.75) is 24.9 Å². The van der Waals surface area contributed by atoms with Crippen LogP contribution in [-0.4, -0.2) is 48.5 Å². The van der Waals surface area contributed by atoms with Gasteiger partial charge in [-0.2, -0.15) is 0 Å². The van der Waals surface area contributed by atoms with Gasteiger partial charge in [0.15, 0.2) is 17.4 Å². The molecule has 1 aliphatic rings. The SMILES string of the molecule is O=c1c2ncn([C@@H]3O[C@H](CO)C[C@H]3F)c2ncn1O. The number of imidazole rings is 1. The van der Waals surface area contributed by atoms with E-state index in [1.807, 2.05) is 0 Å². The standard InChI is InChI=1S/C10H11FN4O4/c11-6-1-5(2-16)19-10(6)14-3-12-7-8(14)13-4-15(18)9(7)17/h3-6,10,16,18H,1-2H2/t5-,6+,10+/m0/s1. The normalized spacial score (nSPS) is 27.2. The first kappa shape index (κ1) is 12.1. The minimum Gasteiger partial charge on any atom is -0.424 e. The Balaban J connectivity index is 2.07. The molecule has 19 heavy (non-hydrogen) atoms. The second-order valence-corrected chi connectivity index (χ2v) is 4.30. The first-order valence-corrected chi connectivity index (χ1v) is 5.65. The van der Waals surface area contributed by atoms with E-state index in [-0.39, 0.29) is 24.2 Å². The zero-order chi connectivity index (χ0) is 13.6. The van der Waals surface area contributed by atoms with Gasteiger partial charge >= 0.3 is 5.56 Å². The summed E-state index contributed by atoms with van der Waals surface area (Å²) in [6.07, 6.45) is -0.685. The third-order valence-electron chi connectivity index (χ3n) is 3.07. The Labute approximate surface area is 105 Å². The van der Waals surface area contributed by atoms with Crippen LogP contribution in [0.4, 0.5) is 4.39 Å². The molecular weight excluding hydrogens is 259 g/mol. The average molecular weight is 270 g/mol. The maximum Gasteiger partial charge on any atom is 0.314 e. The lowest BCUT2D eigenvalue weighted by molar-refractivity contribution is -0.0351. The van der Waals surface area contributed by atoms with Gasteiger partial charge in [-0.3, -0.25) is 9.36 Å². The highest BCUT2D eigenvalue weighted by Gasteiger charge is 2.37. The highest BCUT2D eigenvalue weighted by molar-refractivity contribution is 5.69. The van der Waals surface area contributed by atoms with E-state index in [4.69, 9.17) is 9.84 Å². The van der Waals surface area contributed by atoms with Gasteiger partial charge in [0, 0.05) is 6.42 Å². The fourth-order valence-electron chi connectivity index (χ4n) is 2.15. The molecule has 0 amide bonds. The summed E-state index contributed by atoms with van der Waals surface area (Å²) in [5, 5.41) is 18.2. The summed E-state index contributed by atoms with van der Waals surface area (Å²) in [6.45, 7) is -0.277. The van der Waals surface area contributed by atoms with Crippen molar-refractivity contribution in [3.05, 3.63) is 23.0 Å². The molecule has 0 bridgehead atoms. The van der Waals surface area contributed by atoms with Crippen LogP contribution < -0.4 is 5.56 Å². The average Bonchev–Trinajstić information content (AvgIpc) is 2.97. The van der Waals surface area contributed by atoms with Crippen LogP contribution in [0.15, 0.2) is 17.4 Å². The van der Waals surface area contributed by atoms with E-state index in [0.29, 0.717) is 4.73 Å². The predicted molar refractivity (Wildman–Crippen MR) is 59.5 cm³/mol. The van der Waals surface area contributed by atoms with Crippen LogP contribution in [0.1, 0.15) is 12.6 Å². The topological polar surface area (TPSA) is 102 Å². The quantitative estimate of drug-likeness (QED) is 0.710. The number of aromatic nitrogens is 4. The molecule has 0 radical (unpaired) electrons. The summed E-state index contributed by atoms with van der Waals surface area (Å²) < 4.78 is 20.8. The van der Waals surface area contributed by atoms with Crippen LogP contribution in [0, 0.1) is 0 Å². The van der Waals surface area contributed by atoms with Gasteiger partial charge in [0.25, 0.3) is 0 Å². The van der Waals surface area contributed by atoms with Gasteiger partial charge in [-0.15, -0.1) is 4.73 Å². The van der Waals surface area contributed by atoms with Gasteiger partial charge in [0.2, 0.25) is 0 Å². The third-order valence-corrected chi connectivity index (χ3v) is 3.07. The molecule has 2 aromatic heterocycles. The molecule has 9 heteroatoms. The van der Waals surface area contributed by atoms with Crippen LogP contribution in [0.25, 0.3) is 11.2 Å². The molecule has 0 unspecified atom stereocenters. The number of aliphatic hydroxyl groups excluding tert-OH is 1. The lowest BCUT2D eigenvalue weighted by atomic mass is 10.2. The summed E-state index contributed by atoms with van der Waals surface area (Å²) in [6, 6.07) is 0.